The Morgan fingerprint density at radius 2 is 2.28 bits per heavy atom. The van der Waals surface area contributed by atoms with Gasteiger partial charge < -0.3 is 11.1 Å². The van der Waals surface area contributed by atoms with Crippen molar-refractivity contribution in [1.82, 2.24) is 5.32 Å². The van der Waals surface area contributed by atoms with E-state index in [-0.39, 0.29) is 17.5 Å². The summed E-state index contributed by atoms with van der Waals surface area (Å²) in [4.78, 5) is 21.9. The van der Waals surface area contributed by atoms with Gasteiger partial charge in [-0.25, -0.2) is 0 Å². The number of rotatable bonds is 5. The first-order valence-electron chi connectivity index (χ1n) is 5.38. The molecule has 18 heavy (non-hydrogen) atoms. The molecule has 3 N–H and O–H groups in total. The number of nitrogens with two attached hydrogens (primary N) is 1. The first-order valence-corrected chi connectivity index (χ1v) is 6.45. The molecule has 0 heterocycles. The van der Waals surface area contributed by atoms with Crippen molar-refractivity contribution in [3.63, 3.8) is 0 Å². The van der Waals surface area contributed by atoms with E-state index in [1.54, 1.807) is 0 Å². The van der Waals surface area contributed by atoms with Gasteiger partial charge >= 0.3 is 0 Å². The average Bonchev–Trinajstić information content (AvgIpc) is 2.35. The highest BCUT2D eigenvalue weighted by molar-refractivity contribution is 14.1. The first-order chi connectivity index (χ1) is 8.45. The van der Waals surface area contributed by atoms with Crippen molar-refractivity contribution in [2.75, 3.05) is 13.1 Å². The number of carbonyl (C=O) groups is 1. The number of nitrogens with one attached hydrogen (secondary N) is 1. The molecular formula is C11H14IN3O3. The Morgan fingerprint density at radius 1 is 1.61 bits per heavy atom. The number of hydrogen-bond acceptors (Lipinski definition) is 4. The van der Waals surface area contributed by atoms with E-state index in [0.29, 0.717) is 22.2 Å². The lowest BCUT2D eigenvalue weighted by Crippen LogP contribution is -2.31. The second-order valence-electron chi connectivity index (χ2n) is 3.97. The molecule has 1 rings (SSSR count). The number of amides is 1. The van der Waals surface area contributed by atoms with Crippen LogP contribution in [-0.4, -0.2) is 23.9 Å². The maximum Gasteiger partial charge on any atom is 0.270 e. The molecule has 1 aromatic carbocycles. The Hall–Kier alpha value is -1.22. The van der Waals surface area contributed by atoms with Crippen LogP contribution in [0.3, 0.4) is 0 Å². The first kappa shape index (κ1) is 14.8. The predicted molar refractivity (Wildman–Crippen MR) is 76.4 cm³/mol. The zero-order valence-electron chi connectivity index (χ0n) is 9.85. The summed E-state index contributed by atoms with van der Waals surface area (Å²) in [7, 11) is 0. The van der Waals surface area contributed by atoms with E-state index >= 15 is 0 Å². The van der Waals surface area contributed by atoms with Crippen LogP contribution in [0.1, 0.15) is 17.3 Å². The van der Waals surface area contributed by atoms with Crippen LogP contribution in [0.15, 0.2) is 18.2 Å². The molecule has 0 aliphatic rings. The van der Waals surface area contributed by atoms with Crippen molar-refractivity contribution in [1.29, 1.82) is 0 Å². The molecule has 0 aromatic heterocycles. The second kappa shape index (κ2) is 6.64. The Kier molecular flexibility index (Phi) is 5.48. The van der Waals surface area contributed by atoms with Gasteiger partial charge in [0, 0.05) is 22.2 Å². The highest BCUT2D eigenvalue weighted by atomic mass is 127. The molecule has 6 nitrogen and oxygen atoms in total. The molecule has 0 saturated carbocycles. The van der Waals surface area contributed by atoms with E-state index in [0.717, 1.165) is 0 Å². The van der Waals surface area contributed by atoms with Crippen molar-refractivity contribution in [3.8, 4) is 0 Å². The molecule has 7 heteroatoms. The SMILES string of the molecule is CC(CN)CNC(=O)c1ccc([N+](=O)[O-])cc1I. The van der Waals surface area contributed by atoms with E-state index in [1.807, 2.05) is 29.5 Å². The highest BCUT2D eigenvalue weighted by Crippen LogP contribution is 2.19. The van der Waals surface area contributed by atoms with Crippen molar-refractivity contribution in [3.05, 3.63) is 37.4 Å². The summed E-state index contributed by atoms with van der Waals surface area (Å²) in [5, 5.41) is 13.3. The molecule has 1 atom stereocenters. The summed E-state index contributed by atoms with van der Waals surface area (Å²) >= 11 is 1.91. The summed E-state index contributed by atoms with van der Waals surface area (Å²) in [5.41, 5.74) is 5.87. The zero-order chi connectivity index (χ0) is 13.7. The number of benzene rings is 1. The van der Waals surface area contributed by atoms with Gasteiger partial charge in [-0.1, -0.05) is 6.92 Å². The van der Waals surface area contributed by atoms with Gasteiger partial charge in [-0.2, -0.15) is 0 Å². The Balaban J connectivity index is 2.78. The van der Waals surface area contributed by atoms with Gasteiger partial charge in [0.15, 0.2) is 0 Å². The highest BCUT2D eigenvalue weighted by Gasteiger charge is 2.14. The monoisotopic (exact) mass is 363 g/mol. The molecule has 0 aliphatic heterocycles. The zero-order valence-corrected chi connectivity index (χ0v) is 12.0. The van der Waals surface area contributed by atoms with Crippen LogP contribution >= 0.6 is 22.6 Å². The lowest BCUT2D eigenvalue weighted by atomic mass is 10.1. The Bertz CT molecular complexity index is 465. The van der Waals surface area contributed by atoms with Crippen LogP contribution in [0.5, 0.6) is 0 Å². The van der Waals surface area contributed by atoms with Crippen LogP contribution in [-0.2, 0) is 0 Å². The molecule has 0 bridgehead atoms. The third-order valence-electron chi connectivity index (χ3n) is 2.42. The van der Waals surface area contributed by atoms with Crippen LogP contribution < -0.4 is 11.1 Å². The normalized spacial score (nSPS) is 11.9. The number of nitrogens with zero attached hydrogens (tertiary/aromatic N) is 1. The summed E-state index contributed by atoms with van der Waals surface area (Å²) in [6.45, 7) is 2.92. The molecule has 0 radical (unpaired) electrons. The molecule has 0 spiro atoms. The molecule has 1 unspecified atom stereocenters. The minimum absolute atomic E-state index is 0.0220. The third-order valence-corrected chi connectivity index (χ3v) is 3.31. The molecule has 1 amide bonds. The molecule has 0 saturated heterocycles. The fourth-order valence-electron chi connectivity index (χ4n) is 1.25. The van der Waals surface area contributed by atoms with Gasteiger partial charge in [-0.05, 0) is 41.1 Å². The van der Waals surface area contributed by atoms with E-state index in [2.05, 4.69) is 5.32 Å². The standard InChI is InChI=1S/C11H14IN3O3/c1-7(5-13)6-14-11(16)9-3-2-8(15(17)18)4-10(9)12/h2-4,7H,5-6,13H2,1H3,(H,14,16). The summed E-state index contributed by atoms with van der Waals surface area (Å²) in [6.07, 6.45) is 0. The van der Waals surface area contributed by atoms with Crippen molar-refractivity contribution >= 4 is 34.2 Å². The van der Waals surface area contributed by atoms with Gasteiger partial charge in [-0.3, -0.25) is 14.9 Å². The summed E-state index contributed by atoms with van der Waals surface area (Å²) < 4.78 is 0.555. The van der Waals surface area contributed by atoms with Gasteiger partial charge in [0.25, 0.3) is 11.6 Å². The van der Waals surface area contributed by atoms with E-state index < -0.39 is 4.92 Å². The Labute approximate surface area is 118 Å². The van der Waals surface area contributed by atoms with Gasteiger partial charge in [0.05, 0.1) is 10.5 Å². The maximum absolute atomic E-state index is 11.8. The lowest BCUT2D eigenvalue weighted by Gasteiger charge is -2.10. The molecule has 0 fully saturated rings. The second-order valence-corrected chi connectivity index (χ2v) is 5.13. The number of hydrogen-bond donors (Lipinski definition) is 2. The van der Waals surface area contributed by atoms with Crippen LogP contribution in [0.4, 0.5) is 5.69 Å². The molecule has 1 aromatic rings. The van der Waals surface area contributed by atoms with Gasteiger partial charge in [-0.15, -0.1) is 0 Å². The minimum atomic E-state index is -0.486. The fraction of sp³-hybridized carbons (Fsp3) is 0.364. The van der Waals surface area contributed by atoms with E-state index in [1.165, 1.54) is 18.2 Å². The Morgan fingerprint density at radius 3 is 2.78 bits per heavy atom. The van der Waals surface area contributed by atoms with Gasteiger partial charge in [0.1, 0.15) is 0 Å². The van der Waals surface area contributed by atoms with E-state index in [4.69, 9.17) is 5.73 Å². The third kappa shape index (κ3) is 3.91. The smallest absolute Gasteiger partial charge is 0.270 e. The number of non-ortho nitro benzene ring substituents is 1. The number of nitro groups is 1. The topological polar surface area (TPSA) is 98.3 Å². The van der Waals surface area contributed by atoms with Crippen LogP contribution in [0, 0.1) is 19.6 Å². The maximum atomic E-state index is 11.8. The predicted octanol–water partition coefficient (Wildman–Crippen LogP) is 1.52. The van der Waals surface area contributed by atoms with Crippen LogP contribution in [0.25, 0.3) is 0 Å². The molecular weight excluding hydrogens is 349 g/mol. The quantitative estimate of drug-likeness (QED) is 0.471. The molecule has 98 valence electrons. The lowest BCUT2D eigenvalue weighted by molar-refractivity contribution is -0.384. The van der Waals surface area contributed by atoms with Crippen molar-refractivity contribution < 1.29 is 9.72 Å². The number of carbonyl (C=O) groups excluding carboxylic acids is 1. The number of nitro benzene ring substituents is 1. The minimum Gasteiger partial charge on any atom is -0.352 e. The fourth-order valence-corrected chi connectivity index (χ4v) is 1.99. The van der Waals surface area contributed by atoms with Crippen molar-refractivity contribution in [2.45, 2.75) is 6.92 Å². The number of halogens is 1. The van der Waals surface area contributed by atoms with E-state index in [9.17, 15) is 14.9 Å². The summed E-state index contributed by atoms with van der Waals surface area (Å²) in [6, 6.07) is 4.16. The molecule has 0 aliphatic carbocycles. The average molecular weight is 363 g/mol. The van der Waals surface area contributed by atoms with Crippen LogP contribution in [0.2, 0.25) is 0 Å². The van der Waals surface area contributed by atoms with Gasteiger partial charge in [0.2, 0.25) is 0 Å². The largest absolute Gasteiger partial charge is 0.352 e. The summed E-state index contributed by atoms with van der Waals surface area (Å²) in [5.74, 6) is -0.0424. The van der Waals surface area contributed by atoms with Crippen molar-refractivity contribution in [2.24, 2.45) is 11.7 Å².